The Balaban J connectivity index is 1.59. The van der Waals surface area contributed by atoms with Crippen molar-refractivity contribution in [2.24, 2.45) is 0 Å². The minimum absolute atomic E-state index is 0.195. The number of amides is 2. The Labute approximate surface area is 170 Å². The van der Waals surface area contributed by atoms with Crippen molar-refractivity contribution in [1.29, 1.82) is 0 Å². The van der Waals surface area contributed by atoms with E-state index in [-0.39, 0.29) is 6.03 Å². The summed E-state index contributed by atoms with van der Waals surface area (Å²) >= 11 is 0. The molecule has 1 N–H and O–H groups in total. The normalized spacial score (nSPS) is 13.6. The maximum absolute atomic E-state index is 12.6. The number of esters is 1. The Hall–Kier alpha value is -3.42. The molecule has 1 saturated heterocycles. The van der Waals surface area contributed by atoms with Crippen LogP contribution in [0.4, 0.5) is 16.2 Å². The van der Waals surface area contributed by atoms with Gasteiger partial charge in [-0.15, -0.1) is 0 Å². The van der Waals surface area contributed by atoms with Gasteiger partial charge in [0, 0.05) is 43.6 Å². The smallest absolute Gasteiger partial charge is 0.337 e. The van der Waals surface area contributed by atoms with E-state index in [1.54, 1.807) is 43.4 Å². The fourth-order valence-electron chi connectivity index (χ4n) is 3.23. The predicted molar refractivity (Wildman–Crippen MR) is 110 cm³/mol. The number of rotatable bonds is 5. The summed E-state index contributed by atoms with van der Waals surface area (Å²) in [6, 6.07) is 12.3. The van der Waals surface area contributed by atoms with Crippen molar-refractivity contribution < 1.29 is 23.8 Å². The molecule has 154 valence electrons. The monoisotopic (exact) mass is 399 g/mol. The molecule has 0 bridgehead atoms. The third-order valence-corrected chi connectivity index (χ3v) is 4.83. The summed E-state index contributed by atoms with van der Waals surface area (Å²) in [4.78, 5) is 28.2. The molecule has 8 heteroatoms. The number of carbonyl (C=O) groups is 2. The van der Waals surface area contributed by atoms with Crippen LogP contribution >= 0.6 is 0 Å². The number of carbonyl (C=O) groups excluding carboxylic acids is 2. The quantitative estimate of drug-likeness (QED) is 0.779. The third-order valence-electron chi connectivity index (χ3n) is 4.83. The van der Waals surface area contributed by atoms with Gasteiger partial charge in [0.1, 0.15) is 0 Å². The zero-order chi connectivity index (χ0) is 20.8. The van der Waals surface area contributed by atoms with Crippen molar-refractivity contribution in [3.8, 4) is 11.5 Å². The highest BCUT2D eigenvalue weighted by Gasteiger charge is 2.22. The lowest BCUT2D eigenvalue weighted by atomic mass is 10.2. The lowest BCUT2D eigenvalue weighted by molar-refractivity contribution is 0.0600. The molecular formula is C21H25N3O5. The number of urea groups is 1. The van der Waals surface area contributed by atoms with Gasteiger partial charge in [-0.2, -0.15) is 0 Å². The Morgan fingerprint density at radius 3 is 2.28 bits per heavy atom. The van der Waals surface area contributed by atoms with Crippen LogP contribution in [-0.2, 0) is 4.74 Å². The van der Waals surface area contributed by atoms with Crippen LogP contribution in [0.1, 0.15) is 10.4 Å². The zero-order valence-electron chi connectivity index (χ0n) is 16.8. The van der Waals surface area contributed by atoms with E-state index in [1.165, 1.54) is 7.11 Å². The van der Waals surface area contributed by atoms with Gasteiger partial charge in [-0.05, 0) is 30.3 Å². The van der Waals surface area contributed by atoms with E-state index in [4.69, 9.17) is 14.2 Å². The van der Waals surface area contributed by atoms with Gasteiger partial charge in [0.2, 0.25) is 0 Å². The van der Waals surface area contributed by atoms with Crippen molar-refractivity contribution in [1.82, 2.24) is 4.90 Å². The van der Waals surface area contributed by atoms with E-state index in [2.05, 4.69) is 10.2 Å². The van der Waals surface area contributed by atoms with Crippen LogP contribution in [0.5, 0.6) is 11.5 Å². The van der Waals surface area contributed by atoms with Crippen LogP contribution < -0.4 is 19.7 Å². The highest BCUT2D eigenvalue weighted by Crippen LogP contribution is 2.31. The second-order valence-corrected chi connectivity index (χ2v) is 6.52. The van der Waals surface area contributed by atoms with Crippen molar-refractivity contribution in [2.45, 2.75) is 0 Å². The zero-order valence-corrected chi connectivity index (χ0v) is 16.8. The highest BCUT2D eigenvalue weighted by molar-refractivity contribution is 5.94. The number of anilines is 2. The van der Waals surface area contributed by atoms with E-state index < -0.39 is 5.97 Å². The number of piperazine rings is 1. The molecule has 2 aromatic carbocycles. The van der Waals surface area contributed by atoms with Gasteiger partial charge in [0.15, 0.2) is 11.5 Å². The molecular weight excluding hydrogens is 374 g/mol. The average Bonchev–Trinajstić information content (AvgIpc) is 2.78. The van der Waals surface area contributed by atoms with E-state index in [0.717, 1.165) is 5.69 Å². The number of hydrogen-bond donors (Lipinski definition) is 1. The summed E-state index contributed by atoms with van der Waals surface area (Å²) in [5.74, 6) is 0.920. The van der Waals surface area contributed by atoms with Crippen molar-refractivity contribution in [3.05, 3.63) is 48.0 Å². The molecule has 29 heavy (non-hydrogen) atoms. The van der Waals surface area contributed by atoms with E-state index in [9.17, 15) is 9.59 Å². The number of hydrogen-bond acceptors (Lipinski definition) is 6. The number of benzene rings is 2. The summed E-state index contributed by atoms with van der Waals surface area (Å²) in [6.07, 6.45) is 0. The van der Waals surface area contributed by atoms with Gasteiger partial charge in [-0.3, -0.25) is 0 Å². The molecule has 0 atom stereocenters. The van der Waals surface area contributed by atoms with Crippen molar-refractivity contribution in [2.75, 3.05) is 57.7 Å². The number of nitrogens with one attached hydrogen (secondary N) is 1. The molecule has 1 fully saturated rings. The highest BCUT2D eigenvalue weighted by atomic mass is 16.5. The Morgan fingerprint density at radius 1 is 0.897 bits per heavy atom. The summed E-state index contributed by atoms with van der Waals surface area (Å²) in [7, 11) is 4.54. The van der Waals surface area contributed by atoms with E-state index in [1.807, 2.05) is 18.2 Å². The fraction of sp³-hybridized carbons (Fsp3) is 0.333. The first-order chi connectivity index (χ1) is 14.0. The van der Waals surface area contributed by atoms with Gasteiger partial charge in [0.05, 0.1) is 26.9 Å². The van der Waals surface area contributed by atoms with Crippen LogP contribution in [0.15, 0.2) is 42.5 Å². The molecule has 2 amide bonds. The van der Waals surface area contributed by atoms with Gasteiger partial charge < -0.3 is 29.3 Å². The first-order valence-corrected chi connectivity index (χ1v) is 9.27. The maximum Gasteiger partial charge on any atom is 0.337 e. The fourth-order valence-corrected chi connectivity index (χ4v) is 3.23. The van der Waals surface area contributed by atoms with Crippen molar-refractivity contribution >= 4 is 23.4 Å². The Kier molecular flexibility index (Phi) is 6.43. The van der Waals surface area contributed by atoms with E-state index >= 15 is 0 Å². The second kappa shape index (κ2) is 9.18. The average molecular weight is 399 g/mol. The number of ether oxygens (including phenoxy) is 3. The second-order valence-electron chi connectivity index (χ2n) is 6.52. The van der Waals surface area contributed by atoms with Crippen LogP contribution in [0.3, 0.4) is 0 Å². The molecule has 0 unspecified atom stereocenters. The van der Waals surface area contributed by atoms with Crippen LogP contribution in [0, 0.1) is 0 Å². The van der Waals surface area contributed by atoms with Crippen LogP contribution in [0.25, 0.3) is 0 Å². The number of nitrogens with zero attached hydrogens (tertiary/aromatic N) is 2. The Bertz CT molecular complexity index is 878. The molecule has 8 nitrogen and oxygen atoms in total. The molecule has 1 heterocycles. The first-order valence-electron chi connectivity index (χ1n) is 9.27. The number of methoxy groups -OCH3 is 3. The van der Waals surface area contributed by atoms with Crippen LogP contribution in [-0.4, -0.2) is 64.4 Å². The topological polar surface area (TPSA) is 80.3 Å². The van der Waals surface area contributed by atoms with Gasteiger partial charge in [0.25, 0.3) is 0 Å². The minimum atomic E-state index is -0.440. The largest absolute Gasteiger partial charge is 0.493 e. The van der Waals surface area contributed by atoms with Crippen molar-refractivity contribution in [3.63, 3.8) is 0 Å². The molecule has 0 aliphatic carbocycles. The van der Waals surface area contributed by atoms with E-state index in [0.29, 0.717) is 48.9 Å². The third kappa shape index (κ3) is 4.71. The molecule has 3 rings (SSSR count). The predicted octanol–water partition coefficient (Wildman–Crippen LogP) is 2.84. The molecule has 1 aliphatic heterocycles. The van der Waals surface area contributed by atoms with Crippen LogP contribution in [0.2, 0.25) is 0 Å². The summed E-state index contributed by atoms with van der Waals surface area (Å²) < 4.78 is 15.4. The minimum Gasteiger partial charge on any atom is -0.493 e. The Morgan fingerprint density at radius 2 is 1.62 bits per heavy atom. The SMILES string of the molecule is COC(=O)c1cccc(NC(=O)N2CCN(c3ccc(OC)c(OC)c3)CC2)c1. The summed E-state index contributed by atoms with van der Waals surface area (Å²) in [6.45, 7) is 2.56. The van der Waals surface area contributed by atoms with Gasteiger partial charge in [-0.25, -0.2) is 9.59 Å². The summed E-state index contributed by atoms with van der Waals surface area (Å²) in [5, 5.41) is 2.84. The lowest BCUT2D eigenvalue weighted by Crippen LogP contribution is -2.50. The maximum atomic E-state index is 12.6. The molecule has 2 aromatic rings. The summed E-state index contributed by atoms with van der Waals surface area (Å²) in [5.41, 5.74) is 1.97. The molecule has 0 aromatic heterocycles. The molecule has 0 spiro atoms. The van der Waals surface area contributed by atoms with Gasteiger partial charge >= 0.3 is 12.0 Å². The molecule has 1 aliphatic rings. The molecule has 0 saturated carbocycles. The lowest BCUT2D eigenvalue weighted by Gasteiger charge is -2.36. The van der Waals surface area contributed by atoms with Gasteiger partial charge in [-0.1, -0.05) is 6.07 Å². The first kappa shape index (κ1) is 20.3. The standard InChI is InChI=1S/C21H25N3O5/c1-27-18-8-7-17(14-19(18)28-2)23-9-11-24(12-10-23)21(26)22-16-6-4-5-15(13-16)20(25)29-3/h4-8,13-14H,9-12H2,1-3H3,(H,22,26). The molecule has 0 radical (unpaired) electrons.